The molecular weight excluding hydrogens is 499 g/mol. The third-order valence-electron chi connectivity index (χ3n) is 6.80. The van der Waals surface area contributed by atoms with Crippen LogP contribution in [0.15, 0.2) is 0 Å². The zero-order valence-electron chi connectivity index (χ0n) is 25.2. The van der Waals surface area contributed by atoms with Crippen LogP contribution in [0.1, 0.15) is 136 Å². The summed E-state index contributed by atoms with van der Waals surface area (Å²) < 4.78 is 0.705. The molecule has 2 atom stereocenters. The van der Waals surface area contributed by atoms with Crippen molar-refractivity contribution in [3.8, 4) is 0 Å². The number of carbonyl (C=O) groups is 4. The molecule has 0 bridgehead atoms. The smallest absolute Gasteiger partial charge is 0.217 e. The maximum absolute atomic E-state index is 12.5. The molecule has 0 rings (SSSR count). The number of nitrogens with one attached hydrogen (secondary N) is 1. The van der Waals surface area contributed by atoms with Crippen molar-refractivity contribution >= 4 is 30.9 Å². The first-order chi connectivity index (χ1) is 18.0. The molecule has 0 aromatic rings. The van der Waals surface area contributed by atoms with Gasteiger partial charge in [0, 0.05) is 45.1 Å². The van der Waals surface area contributed by atoms with Gasteiger partial charge in [-0.3, -0.25) is 19.2 Å². The van der Waals surface area contributed by atoms with Crippen LogP contribution >= 0.6 is 8.15 Å². The monoisotopic (exact) mass is 557 g/mol. The molecule has 222 valence electrons. The van der Waals surface area contributed by atoms with Crippen molar-refractivity contribution in [1.82, 2.24) is 5.32 Å². The molecule has 1 amide bonds. The molecule has 8 heteroatoms. The normalized spacial score (nSPS) is 13.2. The van der Waals surface area contributed by atoms with Crippen molar-refractivity contribution in [2.24, 2.45) is 0 Å². The lowest BCUT2D eigenvalue weighted by Crippen LogP contribution is -2.36. The number of carbonyl (C=O) groups excluding carboxylic acids is 4. The summed E-state index contributed by atoms with van der Waals surface area (Å²) in [4.78, 5) is 59.1. The van der Waals surface area contributed by atoms with Crippen molar-refractivity contribution in [2.45, 2.75) is 142 Å². The Morgan fingerprint density at radius 1 is 0.684 bits per heavy atom. The average molecular weight is 558 g/mol. The van der Waals surface area contributed by atoms with Gasteiger partial charge >= 0.3 is 0 Å². The molecule has 0 aromatic heterocycles. The number of rotatable bonds is 26. The molecule has 2 unspecified atom stereocenters. The summed E-state index contributed by atoms with van der Waals surface area (Å²) in [6.07, 6.45) is 18.6. The summed E-state index contributed by atoms with van der Waals surface area (Å²) >= 11 is 0. The number of ketones is 1. The van der Waals surface area contributed by atoms with E-state index in [2.05, 4.69) is 12.2 Å². The zero-order chi connectivity index (χ0) is 28.8. The molecule has 0 heterocycles. The van der Waals surface area contributed by atoms with E-state index in [0.29, 0.717) is 17.3 Å². The van der Waals surface area contributed by atoms with Crippen LogP contribution in [0.3, 0.4) is 0 Å². The zero-order valence-corrected chi connectivity index (χ0v) is 26.1. The van der Waals surface area contributed by atoms with E-state index in [1.807, 2.05) is 21.1 Å². The van der Waals surface area contributed by atoms with Crippen molar-refractivity contribution in [2.75, 3.05) is 27.7 Å². The Morgan fingerprint density at radius 2 is 1.16 bits per heavy atom. The molecule has 0 aliphatic heterocycles. The SMILES string of the molecule is CCCCCCCCCCCCCCCCC(=O)CC(CC(=O)P(O)C(=O)CCC[N+](C)(C)C)NC(C)=O. The van der Waals surface area contributed by atoms with Gasteiger partial charge in [0.2, 0.25) is 5.91 Å². The van der Waals surface area contributed by atoms with Crippen LogP contribution < -0.4 is 5.32 Å². The van der Waals surface area contributed by atoms with Crippen LogP contribution in [-0.4, -0.2) is 65.8 Å². The maximum atomic E-state index is 12.5. The van der Waals surface area contributed by atoms with Crippen LogP contribution in [0.2, 0.25) is 0 Å². The van der Waals surface area contributed by atoms with Crippen LogP contribution in [0.5, 0.6) is 0 Å². The molecule has 0 fully saturated rings. The van der Waals surface area contributed by atoms with Crippen molar-refractivity contribution in [1.29, 1.82) is 0 Å². The number of unbranched alkanes of at least 4 members (excludes halogenated alkanes) is 13. The second kappa shape index (κ2) is 22.6. The molecule has 0 aliphatic carbocycles. The minimum absolute atomic E-state index is 0.00651. The second-order valence-corrected chi connectivity index (χ2v) is 13.5. The lowest BCUT2D eigenvalue weighted by atomic mass is 10.0. The van der Waals surface area contributed by atoms with Gasteiger partial charge in [0.1, 0.15) is 5.78 Å². The number of quaternary nitrogens is 1. The lowest BCUT2D eigenvalue weighted by molar-refractivity contribution is -0.870. The number of nitrogens with zero attached hydrogens (tertiary/aromatic N) is 1. The molecular formula is C30H58N2O5P+. The largest absolute Gasteiger partial charge is 0.360 e. The molecule has 0 radical (unpaired) electrons. The molecule has 0 aromatic carbocycles. The van der Waals surface area contributed by atoms with E-state index >= 15 is 0 Å². The fourth-order valence-corrected chi connectivity index (χ4v) is 5.64. The highest BCUT2D eigenvalue weighted by Gasteiger charge is 2.28. The summed E-state index contributed by atoms with van der Waals surface area (Å²) in [6, 6.07) is -0.671. The summed E-state index contributed by atoms with van der Waals surface area (Å²) in [5.41, 5.74) is -1.01. The average Bonchev–Trinajstić information content (AvgIpc) is 2.82. The number of hydrogen-bond acceptors (Lipinski definition) is 5. The Balaban J connectivity index is 4.11. The minimum Gasteiger partial charge on any atom is -0.360 e. The van der Waals surface area contributed by atoms with E-state index < -0.39 is 25.2 Å². The number of amides is 1. The van der Waals surface area contributed by atoms with E-state index in [0.717, 1.165) is 25.8 Å². The fourth-order valence-electron chi connectivity index (χ4n) is 4.60. The standard InChI is InChI=1S/C30H57N2O5P/c1-6-7-8-9-10-11-12-13-14-15-16-17-18-19-21-28(34)24-27(31-26(2)33)25-30(36)38(37)29(35)22-20-23-32(3,4)5/h27,37H,6-25H2,1-5H3/p+1. The molecule has 0 aliphatic rings. The van der Waals surface area contributed by atoms with Gasteiger partial charge in [0.05, 0.1) is 27.7 Å². The summed E-state index contributed by atoms with van der Waals surface area (Å²) in [5.74, 6) is -0.323. The Bertz CT molecular complexity index is 678. The highest BCUT2D eigenvalue weighted by Crippen LogP contribution is 2.36. The minimum atomic E-state index is -2.41. The van der Waals surface area contributed by atoms with E-state index in [-0.39, 0.29) is 31.0 Å². The van der Waals surface area contributed by atoms with Crippen LogP contribution in [-0.2, 0) is 19.2 Å². The Hall–Kier alpha value is -1.17. The molecule has 0 spiro atoms. The highest BCUT2D eigenvalue weighted by atomic mass is 31.1. The van der Waals surface area contributed by atoms with Crippen molar-refractivity contribution < 1.29 is 28.6 Å². The fraction of sp³-hybridized carbons (Fsp3) is 0.867. The first kappa shape index (κ1) is 36.8. The van der Waals surface area contributed by atoms with Gasteiger partial charge in [-0.15, -0.1) is 0 Å². The topological polar surface area (TPSA) is 101 Å². The highest BCUT2D eigenvalue weighted by molar-refractivity contribution is 7.84. The number of hydrogen-bond donors (Lipinski definition) is 2. The number of Topliss-reactive ketones (excluding diaryl/α,β-unsaturated/α-hetero) is 1. The second-order valence-electron chi connectivity index (χ2n) is 11.9. The predicted octanol–water partition coefficient (Wildman–Crippen LogP) is 6.64. The molecule has 2 N–H and O–H groups in total. The van der Waals surface area contributed by atoms with Crippen LogP contribution in [0, 0.1) is 0 Å². The first-order valence-corrected chi connectivity index (χ1v) is 16.4. The summed E-state index contributed by atoms with van der Waals surface area (Å²) in [6.45, 7) is 4.36. The van der Waals surface area contributed by atoms with Gasteiger partial charge in [0.15, 0.2) is 19.2 Å². The maximum Gasteiger partial charge on any atom is 0.217 e. The molecule has 38 heavy (non-hydrogen) atoms. The van der Waals surface area contributed by atoms with E-state index in [1.54, 1.807) is 0 Å². The lowest BCUT2D eigenvalue weighted by Gasteiger charge is -2.23. The molecule has 0 saturated carbocycles. The van der Waals surface area contributed by atoms with E-state index in [9.17, 15) is 24.1 Å². The summed E-state index contributed by atoms with van der Waals surface area (Å²) in [5, 5.41) is 2.66. The van der Waals surface area contributed by atoms with Crippen LogP contribution in [0.4, 0.5) is 0 Å². The quantitative estimate of drug-likeness (QED) is 0.0705. The van der Waals surface area contributed by atoms with Gasteiger partial charge in [-0.25, -0.2) is 0 Å². The Labute approximate surface area is 234 Å². The Morgan fingerprint density at radius 3 is 1.61 bits per heavy atom. The van der Waals surface area contributed by atoms with Gasteiger partial charge in [-0.05, 0) is 6.42 Å². The van der Waals surface area contributed by atoms with Crippen LogP contribution in [0.25, 0.3) is 0 Å². The molecule has 0 saturated heterocycles. The third-order valence-corrected chi connectivity index (χ3v) is 8.15. The molecule has 7 nitrogen and oxygen atoms in total. The van der Waals surface area contributed by atoms with Gasteiger partial charge < -0.3 is 14.7 Å². The third kappa shape index (κ3) is 22.8. The predicted molar refractivity (Wildman–Crippen MR) is 158 cm³/mol. The van der Waals surface area contributed by atoms with Crippen molar-refractivity contribution in [3.63, 3.8) is 0 Å². The Kier molecular flexibility index (Phi) is 21.9. The summed E-state index contributed by atoms with van der Waals surface area (Å²) in [7, 11) is 3.65. The van der Waals surface area contributed by atoms with E-state index in [1.165, 1.54) is 77.6 Å². The first-order valence-electron chi connectivity index (χ1n) is 15.1. The van der Waals surface area contributed by atoms with Gasteiger partial charge in [-0.2, -0.15) is 0 Å². The van der Waals surface area contributed by atoms with E-state index in [4.69, 9.17) is 0 Å². The van der Waals surface area contributed by atoms with Gasteiger partial charge in [0.25, 0.3) is 0 Å². The van der Waals surface area contributed by atoms with Gasteiger partial charge in [-0.1, -0.05) is 90.4 Å². The van der Waals surface area contributed by atoms with Crippen molar-refractivity contribution in [3.05, 3.63) is 0 Å².